The van der Waals surface area contributed by atoms with Gasteiger partial charge in [-0.05, 0) is 114 Å². The van der Waals surface area contributed by atoms with Gasteiger partial charge in [-0.15, -0.1) is 0 Å². The van der Waals surface area contributed by atoms with Crippen LogP contribution < -0.4 is 19.9 Å². The number of thiocarbonyl (C=S) groups is 1. The van der Waals surface area contributed by atoms with Gasteiger partial charge < -0.3 is 19.4 Å². The fourth-order valence-corrected chi connectivity index (χ4v) is 11.4. The van der Waals surface area contributed by atoms with Gasteiger partial charge in [0, 0.05) is 53.3 Å². The number of nitrogens with one attached hydrogen (secondary N) is 1. The van der Waals surface area contributed by atoms with E-state index >= 15 is 4.39 Å². The van der Waals surface area contributed by atoms with Crippen molar-refractivity contribution in [1.29, 1.82) is 0 Å². The molecule has 330 valence electrons. The van der Waals surface area contributed by atoms with Crippen LogP contribution in [0.2, 0.25) is 0 Å². The molecule has 7 aliphatic rings. The summed E-state index contributed by atoms with van der Waals surface area (Å²) in [5.41, 5.74) is -2.62. The zero-order valence-electron chi connectivity index (χ0n) is 34.5. The molecule has 1 N–H and O–H groups in total. The first-order chi connectivity index (χ1) is 30.3. The van der Waals surface area contributed by atoms with Gasteiger partial charge in [-0.25, -0.2) is 9.24 Å². The standard InChI is InChI=1S/C45H39F4N7O7S/c1-42(2)40(62)54(23-5-7-32(50-3)29(14-23)45(47,48)49)41(64)56(42)24-4-6-26(31(46)15-24)37(59)53-20-43(21-53)18-25(19-43)52-12-10-44(11-13-52)22-63-34-17-28-27(16-30(34)44)38(60)55(39(28)61)33-8-9-35(57)51-36(33)58/h4-7,14-17,25,33H,8-13,18-22H2,1-2H3,(H,51,57,58). The third kappa shape index (κ3) is 6.15. The molecule has 14 nitrogen and oxygen atoms in total. The molecule has 3 aromatic rings. The highest BCUT2D eigenvalue weighted by molar-refractivity contribution is 7.81. The average Bonchev–Trinajstić information content (AvgIpc) is 3.74. The molecule has 2 spiro atoms. The highest BCUT2D eigenvalue weighted by atomic mass is 32.1. The van der Waals surface area contributed by atoms with Crippen molar-refractivity contribution in [2.24, 2.45) is 5.41 Å². The molecular formula is C45H39F4N7O7S. The van der Waals surface area contributed by atoms with E-state index in [-0.39, 0.29) is 56.8 Å². The molecule has 6 aliphatic heterocycles. The number of imide groups is 2. The molecule has 64 heavy (non-hydrogen) atoms. The van der Waals surface area contributed by atoms with Gasteiger partial charge >= 0.3 is 6.18 Å². The SMILES string of the molecule is [C-]#[N+]c1ccc(N2C(=O)C(C)(C)N(c3ccc(C(=O)N4CC5(CC(N6CCC7(CC6)COc6cc8c(cc67)C(=O)N(C6CCC(=O)NC6=O)C8=O)C5)C4)c(F)c3)C2=S)cc1C(F)(F)F. The number of anilines is 2. The summed E-state index contributed by atoms with van der Waals surface area (Å²) in [6.07, 6.45) is -1.48. The Labute approximate surface area is 368 Å². The van der Waals surface area contributed by atoms with Crippen LogP contribution in [0.5, 0.6) is 5.75 Å². The van der Waals surface area contributed by atoms with Crippen molar-refractivity contribution < 1.29 is 51.1 Å². The highest BCUT2D eigenvalue weighted by Crippen LogP contribution is 2.54. The molecule has 0 aromatic heterocycles. The number of carbonyl (C=O) groups is 6. The van der Waals surface area contributed by atoms with Gasteiger partial charge in [0.15, 0.2) is 10.8 Å². The summed E-state index contributed by atoms with van der Waals surface area (Å²) >= 11 is 5.58. The van der Waals surface area contributed by atoms with Crippen molar-refractivity contribution in [3.05, 3.63) is 93.6 Å². The van der Waals surface area contributed by atoms with Gasteiger partial charge in [0.1, 0.15) is 23.1 Å². The summed E-state index contributed by atoms with van der Waals surface area (Å²) in [6, 6.07) is 9.35. The number of carbonyl (C=O) groups excluding carboxylic acids is 6. The van der Waals surface area contributed by atoms with Gasteiger partial charge in [-0.1, -0.05) is 6.07 Å². The van der Waals surface area contributed by atoms with Crippen molar-refractivity contribution in [2.45, 2.75) is 81.6 Å². The Bertz CT molecular complexity index is 2710. The third-order valence-electron chi connectivity index (χ3n) is 14.3. The van der Waals surface area contributed by atoms with Crippen LogP contribution in [0.3, 0.4) is 0 Å². The second kappa shape index (κ2) is 14.1. The molecule has 1 atom stereocenters. The number of hydrogen-bond donors (Lipinski definition) is 1. The lowest BCUT2D eigenvalue weighted by Gasteiger charge is -2.61. The Morgan fingerprint density at radius 2 is 1.61 bits per heavy atom. The number of amides is 6. The molecular weight excluding hydrogens is 859 g/mol. The number of likely N-dealkylation sites (tertiary alicyclic amines) is 2. The maximum Gasteiger partial charge on any atom is 0.407 e. The number of alkyl halides is 3. The maximum atomic E-state index is 15.8. The normalized spacial score (nSPS) is 23.5. The van der Waals surface area contributed by atoms with Crippen LogP contribution >= 0.6 is 12.2 Å². The van der Waals surface area contributed by atoms with Crippen molar-refractivity contribution in [1.82, 2.24) is 20.0 Å². The van der Waals surface area contributed by atoms with E-state index in [2.05, 4.69) is 15.1 Å². The van der Waals surface area contributed by atoms with E-state index in [0.717, 1.165) is 66.3 Å². The van der Waals surface area contributed by atoms with E-state index in [4.69, 9.17) is 23.5 Å². The predicted molar refractivity (Wildman–Crippen MR) is 223 cm³/mol. The van der Waals surface area contributed by atoms with Gasteiger partial charge in [-0.2, -0.15) is 13.2 Å². The van der Waals surface area contributed by atoms with E-state index in [9.17, 15) is 41.9 Å². The van der Waals surface area contributed by atoms with Crippen molar-refractivity contribution in [3.8, 4) is 5.75 Å². The first kappa shape index (κ1) is 41.7. The maximum absolute atomic E-state index is 15.8. The zero-order valence-corrected chi connectivity index (χ0v) is 35.3. The van der Waals surface area contributed by atoms with Crippen LogP contribution in [0.1, 0.15) is 94.6 Å². The topological polar surface area (TPSA) is 144 Å². The molecule has 1 saturated carbocycles. The number of hydrogen-bond acceptors (Lipinski definition) is 9. The van der Waals surface area contributed by atoms with Crippen LogP contribution in [0.15, 0.2) is 48.5 Å². The van der Waals surface area contributed by atoms with Crippen molar-refractivity contribution >= 4 is 69.8 Å². The van der Waals surface area contributed by atoms with E-state index in [0.29, 0.717) is 37.6 Å². The molecule has 4 saturated heterocycles. The number of piperidine rings is 2. The summed E-state index contributed by atoms with van der Waals surface area (Å²) in [5, 5.41) is 2.03. The molecule has 6 amide bonds. The van der Waals surface area contributed by atoms with E-state index < -0.39 is 70.3 Å². The summed E-state index contributed by atoms with van der Waals surface area (Å²) in [6.45, 7) is 13.1. The molecule has 19 heteroatoms. The van der Waals surface area contributed by atoms with Crippen molar-refractivity contribution in [3.63, 3.8) is 0 Å². The molecule has 6 heterocycles. The summed E-state index contributed by atoms with van der Waals surface area (Å²) in [4.78, 5) is 88.6. The Morgan fingerprint density at radius 3 is 2.25 bits per heavy atom. The number of fused-ring (bicyclic) bond motifs is 3. The number of halogens is 4. The Hall–Kier alpha value is -6.26. The van der Waals surface area contributed by atoms with Crippen LogP contribution in [0.4, 0.5) is 34.6 Å². The van der Waals surface area contributed by atoms with Crippen LogP contribution in [0.25, 0.3) is 4.85 Å². The predicted octanol–water partition coefficient (Wildman–Crippen LogP) is 5.74. The second-order valence-electron chi connectivity index (χ2n) is 18.5. The van der Waals surface area contributed by atoms with Crippen LogP contribution in [-0.4, -0.2) is 106 Å². The van der Waals surface area contributed by atoms with Gasteiger partial charge in [0.25, 0.3) is 23.6 Å². The largest absolute Gasteiger partial charge is 0.492 e. The first-order valence-corrected chi connectivity index (χ1v) is 21.3. The monoisotopic (exact) mass is 897 g/mol. The molecule has 0 radical (unpaired) electrons. The van der Waals surface area contributed by atoms with E-state index in [1.165, 1.54) is 36.9 Å². The fourth-order valence-electron chi connectivity index (χ4n) is 10.8. The summed E-state index contributed by atoms with van der Waals surface area (Å²) in [7, 11) is 0. The summed E-state index contributed by atoms with van der Waals surface area (Å²) in [5.74, 6) is -3.65. The van der Waals surface area contributed by atoms with Gasteiger partial charge in [-0.3, -0.25) is 43.9 Å². The fraction of sp³-hybridized carbons (Fsp3) is 0.422. The lowest BCUT2D eigenvalue weighted by molar-refractivity contribution is -0.137. The second-order valence-corrected chi connectivity index (χ2v) is 18.8. The number of nitrogens with zero attached hydrogens (tertiary/aromatic N) is 6. The molecule has 1 unspecified atom stereocenters. The van der Waals surface area contributed by atoms with Gasteiger partial charge in [0.05, 0.1) is 35.4 Å². The zero-order chi connectivity index (χ0) is 45.4. The molecule has 1 aliphatic carbocycles. The lowest BCUT2D eigenvalue weighted by atomic mass is 9.59. The minimum Gasteiger partial charge on any atom is -0.492 e. The Morgan fingerprint density at radius 1 is 0.938 bits per heavy atom. The lowest BCUT2D eigenvalue weighted by Crippen LogP contribution is -2.68. The number of ether oxygens (including phenoxy) is 1. The molecule has 3 aromatic carbocycles. The highest BCUT2D eigenvalue weighted by Gasteiger charge is 2.57. The third-order valence-corrected chi connectivity index (χ3v) is 14.7. The van der Waals surface area contributed by atoms with Gasteiger partial charge in [0.2, 0.25) is 11.8 Å². The molecule has 10 rings (SSSR count). The quantitative estimate of drug-likeness (QED) is 0.146. The Kier molecular flexibility index (Phi) is 9.21. The first-order valence-electron chi connectivity index (χ1n) is 20.9. The van der Waals surface area contributed by atoms with E-state index in [1.807, 2.05) is 0 Å². The minimum atomic E-state index is -4.86. The van der Waals surface area contributed by atoms with E-state index in [1.54, 1.807) is 17.0 Å². The summed E-state index contributed by atoms with van der Waals surface area (Å²) < 4.78 is 63.3. The van der Waals surface area contributed by atoms with Crippen LogP contribution in [-0.2, 0) is 26.0 Å². The molecule has 0 bridgehead atoms. The molecule has 5 fully saturated rings. The minimum absolute atomic E-state index is 0.0348. The number of rotatable bonds is 5. The Balaban J connectivity index is 0.756. The smallest absolute Gasteiger partial charge is 0.407 e. The van der Waals surface area contributed by atoms with Crippen molar-refractivity contribution in [2.75, 3.05) is 42.6 Å². The van der Waals surface area contributed by atoms with Crippen LogP contribution in [0, 0.1) is 17.8 Å². The number of benzene rings is 3. The average molecular weight is 898 g/mol.